The van der Waals surface area contributed by atoms with E-state index in [2.05, 4.69) is 20.3 Å². The lowest BCUT2D eigenvalue weighted by atomic mass is 10.2. The molecule has 36 heavy (non-hydrogen) atoms. The highest BCUT2D eigenvalue weighted by Gasteiger charge is 2.21. The number of aromatic amines is 1. The molecule has 0 saturated carbocycles. The maximum absolute atomic E-state index is 12.7. The van der Waals surface area contributed by atoms with Crippen LogP contribution in [0.4, 0.5) is 5.13 Å². The van der Waals surface area contributed by atoms with Gasteiger partial charge in [-0.15, -0.1) is 11.3 Å². The normalized spacial score (nSPS) is 11.7. The Labute approximate surface area is 210 Å². The Bertz CT molecular complexity index is 1530. The number of nitrogens with one attached hydrogen (secondary N) is 2. The van der Waals surface area contributed by atoms with Crippen molar-refractivity contribution in [2.75, 3.05) is 12.4 Å². The lowest BCUT2D eigenvalue weighted by Gasteiger charge is -2.12. The molecular weight excluding hydrogens is 476 g/mol. The standard InChI is InChI=1S/C27H22N4O4S/c1-16(25(32)31-27-30-23(15-36-27)17-8-11-20(34-2)12-9-17)35-26(33)19-10-13-21-22(14-19)29-24(28-21)18-6-4-3-5-7-18/h3-16H,1-2H3,(H,28,29)(H,30,31,32). The number of ether oxygens (including phenoxy) is 2. The van der Waals surface area contributed by atoms with Crippen LogP contribution in [0, 0.1) is 0 Å². The molecule has 0 aliphatic heterocycles. The van der Waals surface area contributed by atoms with E-state index in [-0.39, 0.29) is 0 Å². The van der Waals surface area contributed by atoms with Crippen LogP contribution in [0.25, 0.3) is 33.7 Å². The van der Waals surface area contributed by atoms with Crippen molar-refractivity contribution in [2.45, 2.75) is 13.0 Å². The van der Waals surface area contributed by atoms with Gasteiger partial charge in [-0.25, -0.2) is 14.8 Å². The van der Waals surface area contributed by atoms with E-state index in [1.807, 2.05) is 60.0 Å². The van der Waals surface area contributed by atoms with Crippen molar-refractivity contribution in [3.8, 4) is 28.4 Å². The Kier molecular flexibility index (Phi) is 6.46. The molecule has 0 bridgehead atoms. The van der Waals surface area contributed by atoms with Crippen LogP contribution >= 0.6 is 11.3 Å². The van der Waals surface area contributed by atoms with Gasteiger partial charge in [-0.3, -0.25) is 10.1 Å². The summed E-state index contributed by atoms with van der Waals surface area (Å²) in [6, 6.07) is 22.2. The van der Waals surface area contributed by atoms with E-state index < -0.39 is 18.0 Å². The van der Waals surface area contributed by atoms with Crippen molar-refractivity contribution >= 4 is 39.4 Å². The number of anilines is 1. The smallest absolute Gasteiger partial charge is 0.338 e. The number of nitrogens with zero attached hydrogens (tertiary/aromatic N) is 2. The van der Waals surface area contributed by atoms with E-state index in [0.29, 0.717) is 22.0 Å². The van der Waals surface area contributed by atoms with Crippen LogP contribution in [-0.4, -0.2) is 40.0 Å². The molecule has 5 rings (SSSR count). The monoisotopic (exact) mass is 498 g/mol. The third kappa shape index (κ3) is 4.96. The van der Waals surface area contributed by atoms with Crippen molar-refractivity contribution < 1.29 is 19.1 Å². The quantitative estimate of drug-likeness (QED) is 0.285. The molecule has 1 amide bonds. The molecule has 1 unspecified atom stereocenters. The summed E-state index contributed by atoms with van der Waals surface area (Å²) in [6.45, 7) is 1.52. The fourth-order valence-electron chi connectivity index (χ4n) is 3.58. The molecule has 3 aromatic carbocycles. The van der Waals surface area contributed by atoms with Crippen LogP contribution in [0.3, 0.4) is 0 Å². The fraction of sp³-hybridized carbons (Fsp3) is 0.111. The number of imidazole rings is 1. The van der Waals surface area contributed by atoms with Gasteiger partial charge in [0.25, 0.3) is 5.91 Å². The summed E-state index contributed by atoms with van der Waals surface area (Å²) in [5.41, 5.74) is 4.32. The van der Waals surface area contributed by atoms with Crippen LogP contribution in [0.5, 0.6) is 5.75 Å². The van der Waals surface area contributed by atoms with E-state index in [1.54, 1.807) is 25.3 Å². The number of methoxy groups -OCH3 is 1. The van der Waals surface area contributed by atoms with Crippen molar-refractivity contribution in [3.63, 3.8) is 0 Å². The number of amides is 1. The van der Waals surface area contributed by atoms with E-state index in [0.717, 1.165) is 28.1 Å². The van der Waals surface area contributed by atoms with Crippen molar-refractivity contribution in [1.82, 2.24) is 15.0 Å². The third-order valence-electron chi connectivity index (χ3n) is 5.54. The highest BCUT2D eigenvalue weighted by molar-refractivity contribution is 7.14. The van der Waals surface area contributed by atoms with E-state index in [1.165, 1.54) is 18.3 Å². The van der Waals surface area contributed by atoms with Gasteiger partial charge in [0.2, 0.25) is 0 Å². The Morgan fingerprint density at radius 2 is 1.75 bits per heavy atom. The molecule has 0 spiro atoms. The van der Waals surface area contributed by atoms with Gasteiger partial charge < -0.3 is 14.5 Å². The summed E-state index contributed by atoms with van der Waals surface area (Å²) in [7, 11) is 1.61. The topological polar surface area (TPSA) is 106 Å². The van der Waals surface area contributed by atoms with Gasteiger partial charge in [-0.1, -0.05) is 30.3 Å². The number of hydrogen-bond acceptors (Lipinski definition) is 7. The summed E-state index contributed by atoms with van der Waals surface area (Å²) in [6.07, 6.45) is -1.01. The molecule has 0 aliphatic rings. The summed E-state index contributed by atoms with van der Waals surface area (Å²) in [5.74, 6) is 0.393. The molecule has 0 aliphatic carbocycles. The second-order valence-corrected chi connectivity index (χ2v) is 8.84. The highest BCUT2D eigenvalue weighted by atomic mass is 32.1. The number of rotatable bonds is 7. The Morgan fingerprint density at radius 1 is 0.972 bits per heavy atom. The van der Waals surface area contributed by atoms with Crippen molar-refractivity contribution in [2.24, 2.45) is 0 Å². The van der Waals surface area contributed by atoms with Gasteiger partial charge in [0.05, 0.1) is 29.4 Å². The van der Waals surface area contributed by atoms with E-state index >= 15 is 0 Å². The number of esters is 1. The van der Waals surface area contributed by atoms with Gasteiger partial charge in [0, 0.05) is 16.5 Å². The second kappa shape index (κ2) is 10.0. The van der Waals surface area contributed by atoms with Crippen LogP contribution in [0.15, 0.2) is 78.2 Å². The fourth-order valence-corrected chi connectivity index (χ4v) is 4.31. The second-order valence-electron chi connectivity index (χ2n) is 7.99. The van der Waals surface area contributed by atoms with Gasteiger partial charge in [0.1, 0.15) is 11.6 Å². The van der Waals surface area contributed by atoms with Gasteiger partial charge in [0.15, 0.2) is 11.2 Å². The first-order chi connectivity index (χ1) is 17.5. The molecule has 5 aromatic rings. The summed E-state index contributed by atoms with van der Waals surface area (Å²) >= 11 is 1.29. The molecule has 2 aromatic heterocycles. The Morgan fingerprint density at radius 3 is 2.50 bits per heavy atom. The number of carbonyl (C=O) groups excluding carboxylic acids is 2. The van der Waals surface area contributed by atoms with Crippen LogP contribution < -0.4 is 10.1 Å². The zero-order chi connectivity index (χ0) is 25.1. The predicted octanol–water partition coefficient (Wildman–Crippen LogP) is 5.55. The molecule has 9 heteroatoms. The zero-order valence-corrected chi connectivity index (χ0v) is 20.3. The number of hydrogen-bond donors (Lipinski definition) is 2. The van der Waals surface area contributed by atoms with Gasteiger partial charge >= 0.3 is 5.97 Å². The SMILES string of the molecule is COc1ccc(-c2csc(NC(=O)C(C)OC(=O)c3ccc4nc(-c5ccccc5)[nH]c4c3)n2)cc1. The first-order valence-electron chi connectivity index (χ1n) is 11.2. The average Bonchev–Trinajstić information content (AvgIpc) is 3.56. The van der Waals surface area contributed by atoms with Crippen molar-refractivity contribution in [1.29, 1.82) is 0 Å². The van der Waals surface area contributed by atoms with Crippen molar-refractivity contribution in [3.05, 3.63) is 83.7 Å². The molecule has 0 saturated heterocycles. The first-order valence-corrected chi connectivity index (χ1v) is 12.0. The lowest BCUT2D eigenvalue weighted by Crippen LogP contribution is -2.29. The maximum atomic E-state index is 12.7. The largest absolute Gasteiger partial charge is 0.497 e. The van der Waals surface area contributed by atoms with Crippen LogP contribution in [0.2, 0.25) is 0 Å². The van der Waals surface area contributed by atoms with Crippen LogP contribution in [0.1, 0.15) is 17.3 Å². The molecule has 0 fully saturated rings. The average molecular weight is 499 g/mol. The number of aromatic nitrogens is 3. The molecule has 180 valence electrons. The van der Waals surface area contributed by atoms with Gasteiger partial charge in [-0.2, -0.15) is 0 Å². The molecule has 2 heterocycles. The number of thiazole rings is 1. The summed E-state index contributed by atoms with van der Waals surface area (Å²) in [5, 5.41) is 4.98. The predicted molar refractivity (Wildman–Crippen MR) is 139 cm³/mol. The lowest BCUT2D eigenvalue weighted by molar-refractivity contribution is -0.123. The Balaban J connectivity index is 1.23. The molecular formula is C27H22N4O4S. The summed E-state index contributed by atoms with van der Waals surface area (Å²) in [4.78, 5) is 37.6. The van der Waals surface area contributed by atoms with E-state index in [9.17, 15) is 9.59 Å². The van der Waals surface area contributed by atoms with Gasteiger partial charge in [-0.05, 0) is 49.4 Å². The maximum Gasteiger partial charge on any atom is 0.338 e. The number of fused-ring (bicyclic) bond motifs is 1. The number of benzene rings is 3. The highest BCUT2D eigenvalue weighted by Crippen LogP contribution is 2.27. The molecule has 0 radical (unpaired) electrons. The Hall–Kier alpha value is -4.50. The molecule has 1 atom stereocenters. The minimum Gasteiger partial charge on any atom is -0.497 e. The number of H-pyrrole nitrogens is 1. The third-order valence-corrected chi connectivity index (χ3v) is 6.30. The molecule has 2 N–H and O–H groups in total. The molecule has 8 nitrogen and oxygen atoms in total. The summed E-state index contributed by atoms with van der Waals surface area (Å²) < 4.78 is 10.6. The zero-order valence-electron chi connectivity index (χ0n) is 19.5. The number of carbonyl (C=O) groups is 2. The van der Waals surface area contributed by atoms with Crippen LogP contribution in [-0.2, 0) is 9.53 Å². The van der Waals surface area contributed by atoms with E-state index in [4.69, 9.17) is 9.47 Å². The minimum absolute atomic E-state index is 0.321. The first kappa shape index (κ1) is 23.3. The minimum atomic E-state index is -1.01.